The van der Waals surface area contributed by atoms with Gasteiger partial charge < -0.3 is 5.32 Å². The van der Waals surface area contributed by atoms with Crippen molar-refractivity contribution < 1.29 is 4.79 Å². The van der Waals surface area contributed by atoms with Crippen molar-refractivity contribution in [2.45, 2.75) is 51.5 Å². The number of hydrogen-bond donors (Lipinski definition) is 1. The SMILES string of the molecule is CC(C)NC(=O)C(Cl)c1ccc(C(C)(C)C)cc1. The number of carbonyl (C=O) groups excluding carboxylic acids is 1. The number of carbonyl (C=O) groups is 1. The molecule has 0 aliphatic carbocycles. The lowest BCUT2D eigenvalue weighted by atomic mass is 9.86. The van der Waals surface area contributed by atoms with Crippen molar-refractivity contribution >= 4 is 17.5 Å². The molecule has 0 fully saturated rings. The fourth-order valence-electron chi connectivity index (χ4n) is 1.66. The minimum Gasteiger partial charge on any atom is -0.352 e. The molecule has 0 saturated carbocycles. The van der Waals surface area contributed by atoms with Gasteiger partial charge in [-0.25, -0.2) is 0 Å². The standard InChI is InChI=1S/C15H22ClNO/c1-10(2)17-14(18)13(16)11-6-8-12(9-7-11)15(3,4)5/h6-10,13H,1-5H3,(H,17,18). The number of hydrogen-bond acceptors (Lipinski definition) is 1. The molecule has 100 valence electrons. The zero-order chi connectivity index (χ0) is 13.9. The molecule has 1 aromatic rings. The molecule has 0 spiro atoms. The first-order valence-electron chi connectivity index (χ1n) is 6.26. The molecule has 0 aliphatic heterocycles. The van der Waals surface area contributed by atoms with Crippen molar-refractivity contribution in [1.29, 1.82) is 0 Å². The van der Waals surface area contributed by atoms with E-state index in [0.29, 0.717) is 0 Å². The van der Waals surface area contributed by atoms with Gasteiger partial charge in [-0.15, -0.1) is 11.6 Å². The van der Waals surface area contributed by atoms with Crippen molar-refractivity contribution in [3.8, 4) is 0 Å². The van der Waals surface area contributed by atoms with E-state index in [-0.39, 0.29) is 17.4 Å². The van der Waals surface area contributed by atoms with Crippen LogP contribution in [-0.4, -0.2) is 11.9 Å². The second-order valence-corrected chi connectivity index (χ2v) is 6.33. The van der Waals surface area contributed by atoms with Gasteiger partial charge in [0.15, 0.2) is 0 Å². The summed E-state index contributed by atoms with van der Waals surface area (Å²) in [6.45, 7) is 10.3. The average Bonchev–Trinajstić information content (AvgIpc) is 2.26. The van der Waals surface area contributed by atoms with E-state index in [4.69, 9.17) is 11.6 Å². The molecular formula is C15H22ClNO. The summed E-state index contributed by atoms with van der Waals surface area (Å²) < 4.78 is 0. The molecular weight excluding hydrogens is 246 g/mol. The topological polar surface area (TPSA) is 29.1 Å². The number of halogens is 1. The summed E-state index contributed by atoms with van der Waals surface area (Å²) in [6, 6.07) is 8.03. The number of amides is 1. The van der Waals surface area contributed by atoms with Crippen LogP contribution in [0.5, 0.6) is 0 Å². The number of alkyl halides is 1. The van der Waals surface area contributed by atoms with E-state index in [9.17, 15) is 4.79 Å². The maximum absolute atomic E-state index is 11.8. The molecule has 18 heavy (non-hydrogen) atoms. The molecule has 1 aromatic carbocycles. The monoisotopic (exact) mass is 267 g/mol. The van der Waals surface area contributed by atoms with Crippen LogP contribution in [-0.2, 0) is 10.2 Å². The van der Waals surface area contributed by atoms with Gasteiger partial charge in [0, 0.05) is 6.04 Å². The van der Waals surface area contributed by atoms with Crippen molar-refractivity contribution in [3.63, 3.8) is 0 Å². The normalized spacial score (nSPS) is 13.5. The summed E-state index contributed by atoms with van der Waals surface area (Å²) in [5.41, 5.74) is 2.18. The van der Waals surface area contributed by atoms with Crippen LogP contribution in [0.1, 0.15) is 51.1 Å². The fourth-order valence-corrected chi connectivity index (χ4v) is 1.87. The predicted molar refractivity (Wildman–Crippen MR) is 77.0 cm³/mol. The minimum atomic E-state index is -0.624. The van der Waals surface area contributed by atoms with Crippen LogP contribution in [0.25, 0.3) is 0 Å². The van der Waals surface area contributed by atoms with Crippen LogP contribution >= 0.6 is 11.6 Å². The Kier molecular flexibility index (Phi) is 4.80. The smallest absolute Gasteiger partial charge is 0.242 e. The van der Waals surface area contributed by atoms with Crippen molar-refractivity contribution in [1.82, 2.24) is 5.32 Å². The highest BCUT2D eigenvalue weighted by molar-refractivity contribution is 6.30. The van der Waals surface area contributed by atoms with Crippen LogP contribution in [0.3, 0.4) is 0 Å². The molecule has 0 saturated heterocycles. The van der Waals surface area contributed by atoms with Gasteiger partial charge in [-0.05, 0) is 30.4 Å². The molecule has 0 radical (unpaired) electrons. The van der Waals surface area contributed by atoms with E-state index in [0.717, 1.165) is 5.56 Å². The second-order valence-electron chi connectivity index (χ2n) is 5.90. The van der Waals surface area contributed by atoms with E-state index < -0.39 is 5.38 Å². The number of rotatable bonds is 3. The first kappa shape index (κ1) is 15.0. The van der Waals surface area contributed by atoms with Gasteiger partial charge in [-0.2, -0.15) is 0 Å². The molecule has 0 heterocycles. The Morgan fingerprint density at radius 2 is 1.67 bits per heavy atom. The molecule has 1 rings (SSSR count). The summed E-state index contributed by atoms with van der Waals surface area (Å²) >= 11 is 6.16. The van der Waals surface area contributed by atoms with Crippen LogP contribution in [0.2, 0.25) is 0 Å². The second kappa shape index (κ2) is 5.75. The zero-order valence-electron chi connectivity index (χ0n) is 11.8. The third kappa shape index (κ3) is 4.02. The van der Waals surface area contributed by atoms with E-state index >= 15 is 0 Å². The molecule has 0 bridgehead atoms. The van der Waals surface area contributed by atoms with Crippen molar-refractivity contribution in [3.05, 3.63) is 35.4 Å². The van der Waals surface area contributed by atoms with Gasteiger partial charge in [0.25, 0.3) is 0 Å². The van der Waals surface area contributed by atoms with Crippen molar-refractivity contribution in [2.75, 3.05) is 0 Å². The Labute approximate surface area is 115 Å². The predicted octanol–water partition coefficient (Wildman–Crippen LogP) is 3.79. The molecule has 0 aliphatic rings. The molecule has 1 unspecified atom stereocenters. The van der Waals surface area contributed by atoms with Gasteiger partial charge >= 0.3 is 0 Å². The van der Waals surface area contributed by atoms with Gasteiger partial charge in [0.05, 0.1) is 0 Å². The van der Waals surface area contributed by atoms with Gasteiger partial charge in [-0.1, -0.05) is 45.0 Å². The summed E-state index contributed by atoms with van der Waals surface area (Å²) in [5.74, 6) is -0.143. The minimum absolute atomic E-state index is 0.104. The van der Waals surface area contributed by atoms with Crippen molar-refractivity contribution in [2.24, 2.45) is 0 Å². The van der Waals surface area contributed by atoms with Crippen LogP contribution in [0.4, 0.5) is 0 Å². The largest absolute Gasteiger partial charge is 0.352 e. The lowest BCUT2D eigenvalue weighted by Crippen LogP contribution is -2.32. The molecule has 3 heteroatoms. The molecule has 1 atom stereocenters. The van der Waals surface area contributed by atoms with E-state index in [1.807, 2.05) is 38.1 Å². The molecule has 1 amide bonds. The van der Waals surface area contributed by atoms with Gasteiger partial charge in [0.2, 0.25) is 5.91 Å². The highest BCUT2D eigenvalue weighted by Gasteiger charge is 2.19. The first-order chi connectivity index (χ1) is 8.21. The van der Waals surface area contributed by atoms with Crippen LogP contribution in [0.15, 0.2) is 24.3 Å². The average molecular weight is 268 g/mol. The molecule has 0 aromatic heterocycles. The van der Waals surface area contributed by atoms with E-state index in [1.165, 1.54) is 5.56 Å². The quantitative estimate of drug-likeness (QED) is 0.830. The number of nitrogens with one attached hydrogen (secondary N) is 1. The van der Waals surface area contributed by atoms with E-state index in [1.54, 1.807) is 0 Å². The Morgan fingerprint density at radius 1 is 1.17 bits per heavy atom. The lowest BCUT2D eigenvalue weighted by Gasteiger charge is -2.20. The summed E-state index contributed by atoms with van der Waals surface area (Å²) in [6.07, 6.45) is 0. The van der Waals surface area contributed by atoms with Crippen LogP contribution < -0.4 is 5.32 Å². The van der Waals surface area contributed by atoms with Gasteiger partial charge in [0.1, 0.15) is 5.38 Å². The maximum atomic E-state index is 11.8. The summed E-state index contributed by atoms with van der Waals surface area (Å²) in [7, 11) is 0. The highest BCUT2D eigenvalue weighted by Crippen LogP contribution is 2.26. The summed E-state index contributed by atoms with van der Waals surface area (Å²) in [5, 5.41) is 2.19. The third-order valence-electron chi connectivity index (χ3n) is 2.73. The Balaban J connectivity index is 2.82. The molecule has 2 nitrogen and oxygen atoms in total. The fraction of sp³-hybridized carbons (Fsp3) is 0.533. The van der Waals surface area contributed by atoms with Gasteiger partial charge in [-0.3, -0.25) is 4.79 Å². The summed E-state index contributed by atoms with van der Waals surface area (Å²) in [4.78, 5) is 11.8. The Hall–Kier alpha value is -1.02. The van der Waals surface area contributed by atoms with Crippen LogP contribution in [0, 0.1) is 0 Å². The lowest BCUT2D eigenvalue weighted by molar-refractivity contribution is -0.121. The Morgan fingerprint density at radius 3 is 2.06 bits per heavy atom. The maximum Gasteiger partial charge on any atom is 0.242 e. The highest BCUT2D eigenvalue weighted by atomic mass is 35.5. The third-order valence-corrected chi connectivity index (χ3v) is 3.18. The number of benzene rings is 1. The first-order valence-corrected chi connectivity index (χ1v) is 6.70. The Bertz CT molecular complexity index is 403. The van der Waals surface area contributed by atoms with E-state index in [2.05, 4.69) is 26.1 Å². The molecule has 1 N–H and O–H groups in total. The zero-order valence-corrected chi connectivity index (χ0v) is 12.5.